The van der Waals surface area contributed by atoms with E-state index in [1.165, 1.54) is 6.20 Å². The fraction of sp³-hybridized carbons (Fsp3) is 0.111. The fourth-order valence-electron chi connectivity index (χ4n) is 2.42. The quantitative estimate of drug-likeness (QED) is 0.495. The molecule has 2 N–H and O–H groups in total. The monoisotopic (exact) mass is 393 g/mol. The summed E-state index contributed by atoms with van der Waals surface area (Å²) < 4.78 is -1.76. The van der Waals surface area contributed by atoms with E-state index in [4.69, 9.17) is 34.8 Å². The van der Waals surface area contributed by atoms with Crippen molar-refractivity contribution < 1.29 is 4.79 Å². The normalized spacial score (nSPS) is 12.6. The number of carbonyl (C=O) groups excluding carboxylic acids is 1. The third-order valence-electron chi connectivity index (χ3n) is 3.62. The Morgan fingerprint density at radius 3 is 2.48 bits per heavy atom. The van der Waals surface area contributed by atoms with Gasteiger partial charge in [-0.1, -0.05) is 71.2 Å². The van der Waals surface area contributed by atoms with Crippen molar-refractivity contribution in [2.24, 2.45) is 0 Å². The Bertz CT molecular complexity index is 876. The molecule has 1 heterocycles. The molecule has 7 heteroatoms. The van der Waals surface area contributed by atoms with Gasteiger partial charge in [0.1, 0.15) is 6.17 Å². The highest BCUT2D eigenvalue weighted by Gasteiger charge is 2.34. The van der Waals surface area contributed by atoms with Gasteiger partial charge in [-0.3, -0.25) is 9.78 Å². The zero-order valence-electron chi connectivity index (χ0n) is 12.9. The summed E-state index contributed by atoms with van der Waals surface area (Å²) in [6.07, 6.45) is 2.09. The van der Waals surface area contributed by atoms with Gasteiger partial charge < -0.3 is 10.6 Å². The number of amides is 1. The molecule has 3 rings (SSSR count). The maximum atomic E-state index is 12.4. The number of nitrogens with one attached hydrogen (secondary N) is 2. The summed E-state index contributed by atoms with van der Waals surface area (Å²) in [5, 5.41) is 7.81. The maximum absolute atomic E-state index is 12.4. The molecule has 2 aromatic carbocycles. The SMILES string of the molecule is O=C(N[C@@H](Nc1cccc2ccccc12)C(Cl)(Cl)Cl)c1cccnc1. The van der Waals surface area contributed by atoms with Crippen LogP contribution >= 0.6 is 34.8 Å². The van der Waals surface area contributed by atoms with Gasteiger partial charge >= 0.3 is 0 Å². The van der Waals surface area contributed by atoms with E-state index >= 15 is 0 Å². The second-order valence-corrected chi connectivity index (χ2v) is 7.73. The smallest absolute Gasteiger partial charge is 0.254 e. The lowest BCUT2D eigenvalue weighted by Crippen LogP contribution is -2.49. The first kappa shape index (κ1) is 17.8. The Morgan fingerprint density at radius 2 is 1.76 bits per heavy atom. The number of halogens is 3. The van der Waals surface area contributed by atoms with Crippen LogP contribution in [0.25, 0.3) is 10.8 Å². The van der Waals surface area contributed by atoms with Gasteiger partial charge in [-0.2, -0.15) is 0 Å². The lowest BCUT2D eigenvalue weighted by molar-refractivity contribution is 0.0941. The third-order valence-corrected chi connectivity index (χ3v) is 4.27. The van der Waals surface area contributed by atoms with Crippen molar-refractivity contribution in [3.63, 3.8) is 0 Å². The average molecular weight is 395 g/mol. The number of fused-ring (bicyclic) bond motifs is 1. The van der Waals surface area contributed by atoms with Crippen molar-refractivity contribution in [2.45, 2.75) is 9.96 Å². The summed E-state index contributed by atoms with van der Waals surface area (Å²) in [6, 6.07) is 16.8. The number of pyridine rings is 1. The molecule has 1 atom stereocenters. The van der Waals surface area contributed by atoms with E-state index in [1.54, 1.807) is 18.3 Å². The highest BCUT2D eigenvalue weighted by Crippen LogP contribution is 2.33. The molecule has 0 unspecified atom stereocenters. The Kier molecular flexibility index (Phi) is 5.33. The highest BCUT2D eigenvalue weighted by molar-refractivity contribution is 6.68. The van der Waals surface area contributed by atoms with Crippen molar-refractivity contribution in [3.8, 4) is 0 Å². The van der Waals surface area contributed by atoms with Crippen LogP contribution in [0.3, 0.4) is 0 Å². The number of nitrogens with zero attached hydrogens (tertiary/aromatic N) is 1. The van der Waals surface area contributed by atoms with Gasteiger partial charge in [0.2, 0.25) is 3.79 Å². The number of anilines is 1. The first-order chi connectivity index (χ1) is 11.9. The first-order valence-corrected chi connectivity index (χ1v) is 8.60. The molecule has 1 amide bonds. The van der Waals surface area contributed by atoms with Crippen LogP contribution in [0.2, 0.25) is 0 Å². The standard InChI is InChI=1S/C18H14Cl3N3O/c19-18(20,21)17(24-16(25)13-7-4-10-22-11-13)23-15-9-3-6-12-5-1-2-8-14(12)15/h1-11,17,23H,(H,24,25)/t17-/m1/s1. The van der Waals surface area contributed by atoms with E-state index in [0.717, 1.165) is 16.5 Å². The van der Waals surface area contributed by atoms with Gasteiger partial charge in [-0.25, -0.2) is 0 Å². The van der Waals surface area contributed by atoms with Crippen LogP contribution in [0.1, 0.15) is 10.4 Å². The second kappa shape index (κ2) is 7.48. The van der Waals surface area contributed by atoms with E-state index in [9.17, 15) is 4.79 Å². The Hall–Kier alpha value is -2.01. The molecule has 0 spiro atoms. The van der Waals surface area contributed by atoms with Crippen LogP contribution < -0.4 is 10.6 Å². The van der Waals surface area contributed by atoms with Crippen molar-refractivity contribution in [2.75, 3.05) is 5.32 Å². The molecule has 3 aromatic rings. The maximum Gasteiger partial charge on any atom is 0.254 e. The number of hydrogen-bond donors (Lipinski definition) is 2. The van der Waals surface area contributed by atoms with E-state index in [2.05, 4.69) is 15.6 Å². The minimum absolute atomic E-state index is 0.376. The molecule has 0 aliphatic heterocycles. The minimum atomic E-state index is -1.76. The van der Waals surface area contributed by atoms with Crippen LogP contribution in [-0.2, 0) is 0 Å². The molecule has 0 bridgehead atoms. The summed E-state index contributed by atoms with van der Waals surface area (Å²) in [5.74, 6) is -0.392. The number of aromatic nitrogens is 1. The molecule has 0 fully saturated rings. The topological polar surface area (TPSA) is 54.0 Å². The van der Waals surface area contributed by atoms with E-state index in [-0.39, 0.29) is 0 Å². The van der Waals surface area contributed by atoms with Gasteiger partial charge in [0.15, 0.2) is 0 Å². The summed E-state index contributed by atoms with van der Waals surface area (Å²) in [4.78, 5) is 16.3. The number of hydrogen-bond acceptors (Lipinski definition) is 3. The van der Waals surface area contributed by atoms with E-state index in [0.29, 0.717) is 5.56 Å². The van der Waals surface area contributed by atoms with Crippen molar-refractivity contribution in [1.29, 1.82) is 0 Å². The molecule has 0 saturated carbocycles. The van der Waals surface area contributed by atoms with Crippen LogP contribution in [-0.4, -0.2) is 20.8 Å². The average Bonchev–Trinajstić information content (AvgIpc) is 2.61. The lowest BCUT2D eigenvalue weighted by Gasteiger charge is -2.28. The van der Waals surface area contributed by atoms with Crippen LogP contribution in [0.4, 0.5) is 5.69 Å². The Labute approximate surface area is 160 Å². The van der Waals surface area contributed by atoms with Gasteiger partial charge in [0.05, 0.1) is 5.56 Å². The zero-order valence-corrected chi connectivity index (χ0v) is 15.2. The molecule has 0 aliphatic rings. The predicted molar refractivity (Wildman–Crippen MR) is 103 cm³/mol. The van der Waals surface area contributed by atoms with Crippen molar-refractivity contribution in [1.82, 2.24) is 10.3 Å². The minimum Gasteiger partial charge on any atom is -0.361 e. The van der Waals surface area contributed by atoms with Gasteiger partial charge in [-0.05, 0) is 23.6 Å². The second-order valence-electron chi connectivity index (χ2n) is 5.36. The molecular weight excluding hydrogens is 381 g/mol. The summed E-state index contributed by atoms with van der Waals surface area (Å²) in [7, 11) is 0. The Morgan fingerprint density at radius 1 is 1.00 bits per heavy atom. The molecule has 0 radical (unpaired) electrons. The molecule has 128 valence electrons. The largest absolute Gasteiger partial charge is 0.361 e. The van der Waals surface area contributed by atoms with Crippen molar-refractivity contribution >= 4 is 57.2 Å². The third kappa shape index (κ3) is 4.34. The van der Waals surface area contributed by atoms with Gasteiger partial charge in [0.25, 0.3) is 5.91 Å². The van der Waals surface area contributed by atoms with Crippen LogP contribution in [0, 0.1) is 0 Å². The first-order valence-electron chi connectivity index (χ1n) is 7.47. The zero-order chi connectivity index (χ0) is 17.9. The predicted octanol–water partition coefficient (Wildman–Crippen LogP) is 4.77. The summed E-state index contributed by atoms with van der Waals surface area (Å²) >= 11 is 18.2. The Balaban J connectivity index is 1.88. The van der Waals surface area contributed by atoms with E-state index in [1.807, 2.05) is 42.5 Å². The summed E-state index contributed by atoms with van der Waals surface area (Å²) in [6.45, 7) is 0. The molecule has 1 aromatic heterocycles. The lowest BCUT2D eigenvalue weighted by atomic mass is 10.1. The van der Waals surface area contributed by atoms with E-state index < -0.39 is 15.9 Å². The fourth-order valence-corrected chi connectivity index (χ4v) is 2.75. The van der Waals surface area contributed by atoms with Crippen LogP contribution in [0.15, 0.2) is 67.0 Å². The molecule has 25 heavy (non-hydrogen) atoms. The number of rotatable bonds is 4. The van der Waals surface area contributed by atoms with Crippen LogP contribution in [0.5, 0.6) is 0 Å². The molecule has 0 saturated heterocycles. The van der Waals surface area contributed by atoms with Gasteiger partial charge in [-0.15, -0.1) is 0 Å². The number of benzene rings is 2. The number of alkyl halides is 3. The molecular formula is C18H14Cl3N3O. The number of carbonyl (C=O) groups is 1. The van der Waals surface area contributed by atoms with Crippen molar-refractivity contribution in [3.05, 3.63) is 72.6 Å². The molecule has 0 aliphatic carbocycles. The molecule has 4 nitrogen and oxygen atoms in total. The highest BCUT2D eigenvalue weighted by atomic mass is 35.6. The summed E-state index contributed by atoms with van der Waals surface area (Å²) in [5.41, 5.74) is 1.13. The van der Waals surface area contributed by atoms with Gasteiger partial charge in [0, 0.05) is 23.5 Å².